The smallest absolute Gasteiger partial charge is 0.225 e. The highest BCUT2D eigenvalue weighted by Crippen LogP contribution is 2.23. The number of carbonyl (C=O) groups excluding carboxylic acids is 1. The van der Waals surface area contributed by atoms with Gasteiger partial charge in [-0.25, -0.2) is 4.98 Å². The summed E-state index contributed by atoms with van der Waals surface area (Å²) in [6.45, 7) is 6.50. The van der Waals surface area contributed by atoms with Crippen molar-refractivity contribution in [2.45, 2.75) is 52.2 Å². The Kier molecular flexibility index (Phi) is 5.51. The van der Waals surface area contributed by atoms with Crippen molar-refractivity contribution in [3.63, 3.8) is 0 Å². The number of hydrogen-bond donors (Lipinski definition) is 1. The lowest BCUT2D eigenvalue weighted by Crippen LogP contribution is -2.42. The molecular formula is C19H27N3O2. The van der Waals surface area contributed by atoms with E-state index in [1.54, 1.807) is 0 Å². The van der Waals surface area contributed by atoms with Crippen LogP contribution >= 0.6 is 0 Å². The topological polar surface area (TPSA) is 56.1 Å². The Hall–Kier alpha value is -1.88. The molecule has 1 amide bonds. The number of amides is 1. The van der Waals surface area contributed by atoms with Gasteiger partial charge in [0, 0.05) is 26.1 Å². The number of benzene rings is 1. The second kappa shape index (κ2) is 7.79. The highest BCUT2D eigenvalue weighted by atomic mass is 16.5. The molecule has 24 heavy (non-hydrogen) atoms. The molecule has 1 aliphatic heterocycles. The van der Waals surface area contributed by atoms with Crippen molar-refractivity contribution in [2.24, 2.45) is 5.92 Å². The minimum Gasteiger partial charge on any atom is -0.377 e. The zero-order chi connectivity index (χ0) is 16.9. The fourth-order valence-electron chi connectivity index (χ4n) is 3.64. The van der Waals surface area contributed by atoms with E-state index in [1.807, 2.05) is 18.2 Å². The minimum absolute atomic E-state index is 0.00579. The van der Waals surface area contributed by atoms with Crippen molar-refractivity contribution in [1.82, 2.24) is 14.9 Å². The van der Waals surface area contributed by atoms with Crippen molar-refractivity contribution in [3.8, 4) is 0 Å². The van der Waals surface area contributed by atoms with Crippen LogP contribution in [0.2, 0.25) is 0 Å². The molecule has 0 aliphatic carbocycles. The number of aryl methyl sites for hydroxylation is 1. The molecule has 1 N–H and O–H groups in total. The fourth-order valence-corrected chi connectivity index (χ4v) is 3.64. The molecule has 1 fully saturated rings. The number of rotatable bonds is 6. The third-order valence-electron chi connectivity index (χ3n) is 4.88. The fraction of sp³-hybridized carbons (Fsp3) is 0.579. The highest BCUT2D eigenvalue weighted by molar-refractivity contribution is 5.79. The van der Waals surface area contributed by atoms with Crippen LogP contribution in [-0.4, -0.2) is 34.7 Å². The predicted molar refractivity (Wildman–Crippen MR) is 94.9 cm³/mol. The van der Waals surface area contributed by atoms with Crippen LogP contribution in [0.25, 0.3) is 11.0 Å². The standard InChI is InChI=1S/C19H27N3O2/c1-3-17-14(8-7-13-24-17)19(23)20-12-11-18-21-15-9-5-6-10-16(15)22(18)4-2/h5-6,9-10,14,17H,3-4,7-8,11-13H2,1-2H3,(H,20,23). The number of aromatic nitrogens is 2. The number of nitrogens with one attached hydrogen (secondary N) is 1. The van der Waals surface area contributed by atoms with Gasteiger partial charge in [0.15, 0.2) is 0 Å². The number of hydrogen-bond acceptors (Lipinski definition) is 3. The molecule has 130 valence electrons. The molecule has 0 radical (unpaired) electrons. The first-order valence-corrected chi connectivity index (χ1v) is 9.08. The summed E-state index contributed by atoms with van der Waals surface area (Å²) < 4.78 is 7.95. The van der Waals surface area contributed by atoms with Gasteiger partial charge in [0.2, 0.25) is 5.91 Å². The number of ether oxygens (including phenoxy) is 1. The highest BCUT2D eigenvalue weighted by Gasteiger charge is 2.30. The van der Waals surface area contributed by atoms with Crippen molar-refractivity contribution in [3.05, 3.63) is 30.1 Å². The van der Waals surface area contributed by atoms with E-state index in [1.165, 1.54) is 0 Å². The number of fused-ring (bicyclic) bond motifs is 1. The van der Waals surface area contributed by atoms with Gasteiger partial charge >= 0.3 is 0 Å². The van der Waals surface area contributed by atoms with Crippen LogP contribution in [-0.2, 0) is 22.5 Å². The van der Waals surface area contributed by atoms with E-state index in [2.05, 4.69) is 29.8 Å². The molecule has 0 spiro atoms. The van der Waals surface area contributed by atoms with Crippen LogP contribution in [0.5, 0.6) is 0 Å². The van der Waals surface area contributed by atoms with Crippen LogP contribution in [0.4, 0.5) is 0 Å². The lowest BCUT2D eigenvalue weighted by molar-refractivity contribution is -0.134. The largest absolute Gasteiger partial charge is 0.377 e. The maximum absolute atomic E-state index is 12.5. The molecule has 1 aromatic carbocycles. The molecule has 2 aromatic rings. The van der Waals surface area contributed by atoms with Crippen molar-refractivity contribution in [1.29, 1.82) is 0 Å². The van der Waals surface area contributed by atoms with E-state index in [4.69, 9.17) is 9.72 Å². The van der Waals surface area contributed by atoms with Gasteiger partial charge in [-0.3, -0.25) is 4.79 Å². The average molecular weight is 329 g/mol. The van der Waals surface area contributed by atoms with Gasteiger partial charge < -0.3 is 14.6 Å². The zero-order valence-electron chi connectivity index (χ0n) is 14.6. The number of para-hydroxylation sites is 2. The first-order chi connectivity index (χ1) is 11.7. The first kappa shape index (κ1) is 17.0. The Morgan fingerprint density at radius 1 is 1.38 bits per heavy atom. The molecule has 2 unspecified atom stereocenters. The quantitative estimate of drug-likeness (QED) is 0.886. The molecule has 5 nitrogen and oxygen atoms in total. The molecule has 0 bridgehead atoms. The van der Waals surface area contributed by atoms with Crippen LogP contribution in [0, 0.1) is 5.92 Å². The summed E-state index contributed by atoms with van der Waals surface area (Å²) in [5.74, 6) is 1.15. The summed E-state index contributed by atoms with van der Waals surface area (Å²) in [7, 11) is 0. The SMILES string of the molecule is CCC1OCCCC1C(=O)NCCc1nc2ccccc2n1CC. The maximum Gasteiger partial charge on any atom is 0.225 e. The summed E-state index contributed by atoms with van der Waals surface area (Å²) in [5.41, 5.74) is 2.18. The van der Waals surface area contributed by atoms with E-state index >= 15 is 0 Å². The molecule has 1 aromatic heterocycles. The molecule has 2 atom stereocenters. The second-order valence-corrected chi connectivity index (χ2v) is 6.37. The van der Waals surface area contributed by atoms with Crippen LogP contribution < -0.4 is 5.32 Å². The summed E-state index contributed by atoms with van der Waals surface area (Å²) in [6.07, 6.45) is 3.61. The van der Waals surface area contributed by atoms with Crippen LogP contribution in [0.1, 0.15) is 38.9 Å². The van der Waals surface area contributed by atoms with Gasteiger partial charge in [-0.2, -0.15) is 0 Å². The second-order valence-electron chi connectivity index (χ2n) is 6.37. The Morgan fingerprint density at radius 3 is 3.00 bits per heavy atom. The molecule has 5 heteroatoms. The third kappa shape index (κ3) is 3.46. The summed E-state index contributed by atoms with van der Waals surface area (Å²) in [5, 5.41) is 3.09. The monoisotopic (exact) mass is 329 g/mol. The Bertz CT molecular complexity index is 695. The maximum atomic E-state index is 12.5. The lowest BCUT2D eigenvalue weighted by Gasteiger charge is -2.30. The van der Waals surface area contributed by atoms with Crippen molar-refractivity contribution >= 4 is 16.9 Å². The number of carbonyl (C=O) groups is 1. The molecular weight excluding hydrogens is 302 g/mol. The first-order valence-electron chi connectivity index (χ1n) is 9.08. The van der Waals surface area contributed by atoms with Gasteiger partial charge in [-0.05, 0) is 38.3 Å². The Labute approximate surface area is 143 Å². The van der Waals surface area contributed by atoms with Crippen LogP contribution in [0.15, 0.2) is 24.3 Å². The van der Waals surface area contributed by atoms with Crippen LogP contribution in [0.3, 0.4) is 0 Å². The zero-order valence-corrected chi connectivity index (χ0v) is 14.6. The summed E-state index contributed by atoms with van der Waals surface area (Å²) in [4.78, 5) is 17.2. The van der Waals surface area contributed by atoms with E-state index in [0.717, 1.165) is 55.7 Å². The average Bonchev–Trinajstić information content (AvgIpc) is 2.98. The van der Waals surface area contributed by atoms with Gasteiger partial charge in [-0.15, -0.1) is 0 Å². The molecule has 1 aliphatic rings. The van der Waals surface area contributed by atoms with Gasteiger partial charge in [0.1, 0.15) is 5.82 Å². The van der Waals surface area contributed by atoms with E-state index in [-0.39, 0.29) is 17.9 Å². The van der Waals surface area contributed by atoms with Gasteiger partial charge in [0.05, 0.1) is 23.1 Å². The predicted octanol–water partition coefficient (Wildman–Crippen LogP) is 2.92. The number of nitrogens with zero attached hydrogens (tertiary/aromatic N) is 2. The van der Waals surface area contributed by atoms with Crippen molar-refractivity contribution in [2.75, 3.05) is 13.2 Å². The summed E-state index contributed by atoms with van der Waals surface area (Å²) in [6, 6.07) is 8.18. The van der Waals surface area contributed by atoms with Gasteiger partial charge in [-0.1, -0.05) is 19.1 Å². The Balaban J connectivity index is 1.61. The van der Waals surface area contributed by atoms with E-state index in [0.29, 0.717) is 6.54 Å². The molecule has 1 saturated heterocycles. The lowest BCUT2D eigenvalue weighted by atomic mass is 9.92. The van der Waals surface area contributed by atoms with E-state index < -0.39 is 0 Å². The molecule has 2 heterocycles. The van der Waals surface area contributed by atoms with Crippen molar-refractivity contribution < 1.29 is 9.53 Å². The summed E-state index contributed by atoms with van der Waals surface area (Å²) >= 11 is 0. The van der Waals surface area contributed by atoms with E-state index in [9.17, 15) is 4.79 Å². The number of imidazole rings is 1. The van der Waals surface area contributed by atoms with Gasteiger partial charge in [0.25, 0.3) is 0 Å². The normalized spacial score (nSPS) is 21.1. The Morgan fingerprint density at radius 2 is 2.21 bits per heavy atom. The minimum atomic E-state index is -0.00579. The molecule has 3 rings (SSSR count). The third-order valence-corrected chi connectivity index (χ3v) is 4.88. The molecule has 0 saturated carbocycles.